The third-order valence-electron chi connectivity index (χ3n) is 5.63. The van der Waals surface area contributed by atoms with Gasteiger partial charge in [-0.25, -0.2) is 8.42 Å². The summed E-state index contributed by atoms with van der Waals surface area (Å²) in [4.78, 5) is 14.7. The van der Waals surface area contributed by atoms with E-state index in [1.54, 1.807) is 24.3 Å². The van der Waals surface area contributed by atoms with E-state index in [4.69, 9.17) is 23.2 Å². The number of rotatable bonds is 5. The van der Waals surface area contributed by atoms with Crippen molar-refractivity contribution in [3.63, 3.8) is 0 Å². The third kappa shape index (κ3) is 4.50. The van der Waals surface area contributed by atoms with Crippen LogP contribution in [-0.2, 0) is 27.7 Å². The lowest BCUT2D eigenvalue weighted by Gasteiger charge is -2.33. The van der Waals surface area contributed by atoms with Gasteiger partial charge in [0.1, 0.15) is 0 Å². The summed E-state index contributed by atoms with van der Waals surface area (Å²) in [6.45, 7) is 1.80. The fourth-order valence-corrected chi connectivity index (χ4v) is 5.95. The maximum absolute atomic E-state index is 13.0. The summed E-state index contributed by atoms with van der Waals surface area (Å²) in [7, 11) is -3.52. The number of aryl methyl sites for hydroxylation is 2. The molecule has 1 N–H and O–H groups in total. The smallest absolute Gasteiger partial charge is 0.243 e. The average molecular weight is 468 g/mol. The molecule has 4 rings (SSSR count). The lowest BCUT2D eigenvalue weighted by Crippen LogP contribution is -2.50. The SMILES string of the molecule is O=C(CN1CCN(S(=O)(=O)c2ccc3c(c2)CCC3)CC1)Nc1c(Cl)cccc1Cl. The van der Waals surface area contributed by atoms with Crippen molar-refractivity contribution in [2.75, 3.05) is 38.0 Å². The fraction of sp³-hybridized carbons (Fsp3) is 0.381. The monoisotopic (exact) mass is 467 g/mol. The Hall–Kier alpha value is -1.64. The molecule has 1 fully saturated rings. The Balaban J connectivity index is 1.35. The number of para-hydroxylation sites is 1. The molecule has 0 saturated carbocycles. The molecular weight excluding hydrogens is 445 g/mol. The minimum absolute atomic E-state index is 0.147. The second-order valence-corrected chi connectivity index (χ2v) is 10.4. The Bertz CT molecular complexity index is 1050. The number of amides is 1. The number of piperazine rings is 1. The van der Waals surface area contributed by atoms with Gasteiger partial charge in [0.05, 0.1) is 27.2 Å². The predicted octanol–water partition coefficient (Wildman–Crippen LogP) is 3.43. The summed E-state index contributed by atoms with van der Waals surface area (Å²) >= 11 is 12.2. The first-order chi connectivity index (χ1) is 14.3. The molecule has 1 amide bonds. The first-order valence-corrected chi connectivity index (χ1v) is 12.1. The van der Waals surface area contributed by atoms with Crippen molar-refractivity contribution in [3.8, 4) is 0 Å². The second kappa shape index (κ2) is 8.85. The van der Waals surface area contributed by atoms with Crippen molar-refractivity contribution in [2.24, 2.45) is 0 Å². The van der Waals surface area contributed by atoms with Gasteiger partial charge in [-0.3, -0.25) is 9.69 Å². The predicted molar refractivity (Wildman–Crippen MR) is 119 cm³/mol. The molecule has 1 heterocycles. The van der Waals surface area contributed by atoms with Crippen LogP contribution >= 0.6 is 23.2 Å². The number of carbonyl (C=O) groups excluding carboxylic acids is 1. The first-order valence-electron chi connectivity index (χ1n) is 9.93. The molecule has 0 atom stereocenters. The first kappa shape index (κ1) is 21.6. The third-order valence-corrected chi connectivity index (χ3v) is 8.16. The Kier molecular flexibility index (Phi) is 6.36. The van der Waals surface area contributed by atoms with Crippen LogP contribution in [0.1, 0.15) is 17.5 Å². The summed E-state index contributed by atoms with van der Waals surface area (Å²) in [5.41, 5.74) is 2.79. The van der Waals surface area contributed by atoms with E-state index in [0.29, 0.717) is 46.8 Å². The van der Waals surface area contributed by atoms with Crippen LogP contribution in [0.15, 0.2) is 41.3 Å². The van der Waals surface area contributed by atoms with Crippen LogP contribution in [0.3, 0.4) is 0 Å². The molecule has 1 aliphatic carbocycles. The van der Waals surface area contributed by atoms with Gasteiger partial charge in [0.2, 0.25) is 15.9 Å². The van der Waals surface area contributed by atoms with Gasteiger partial charge in [-0.2, -0.15) is 4.31 Å². The van der Waals surface area contributed by atoms with Crippen molar-refractivity contribution in [2.45, 2.75) is 24.2 Å². The minimum atomic E-state index is -3.52. The van der Waals surface area contributed by atoms with E-state index in [0.717, 1.165) is 24.8 Å². The number of hydrogen-bond acceptors (Lipinski definition) is 4. The van der Waals surface area contributed by atoms with E-state index in [9.17, 15) is 13.2 Å². The van der Waals surface area contributed by atoms with Crippen LogP contribution in [0.2, 0.25) is 10.0 Å². The van der Waals surface area contributed by atoms with Gasteiger partial charge in [-0.05, 0) is 54.7 Å². The van der Waals surface area contributed by atoms with Crippen LogP contribution in [0, 0.1) is 0 Å². The topological polar surface area (TPSA) is 69.7 Å². The summed E-state index contributed by atoms with van der Waals surface area (Å²) < 4.78 is 27.6. The molecule has 2 aromatic rings. The Morgan fingerprint density at radius 2 is 1.63 bits per heavy atom. The zero-order chi connectivity index (χ0) is 21.3. The van der Waals surface area contributed by atoms with Gasteiger partial charge >= 0.3 is 0 Å². The summed E-state index contributed by atoms with van der Waals surface area (Å²) in [5, 5.41) is 3.49. The van der Waals surface area contributed by atoms with Crippen LogP contribution in [0.5, 0.6) is 0 Å². The Morgan fingerprint density at radius 3 is 2.33 bits per heavy atom. The van der Waals surface area contributed by atoms with Gasteiger partial charge in [0, 0.05) is 26.2 Å². The normalized spacial score (nSPS) is 17.7. The second-order valence-electron chi connectivity index (χ2n) is 7.61. The van der Waals surface area contributed by atoms with Gasteiger partial charge in [0.15, 0.2) is 0 Å². The van der Waals surface area contributed by atoms with Crippen LogP contribution < -0.4 is 5.32 Å². The van der Waals surface area contributed by atoms with E-state index in [2.05, 4.69) is 5.32 Å². The summed E-state index contributed by atoms with van der Waals surface area (Å²) in [6, 6.07) is 10.5. The number of sulfonamides is 1. The molecule has 6 nitrogen and oxygen atoms in total. The molecule has 0 radical (unpaired) electrons. The molecule has 0 unspecified atom stereocenters. The quantitative estimate of drug-likeness (QED) is 0.730. The summed E-state index contributed by atoms with van der Waals surface area (Å²) in [6.07, 6.45) is 3.05. The molecule has 30 heavy (non-hydrogen) atoms. The van der Waals surface area contributed by atoms with E-state index in [1.165, 1.54) is 9.87 Å². The minimum Gasteiger partial charge on any atom is -0.322 e. The molecule has 2 aliphatic rings. The molecule has 1 aliphatic heterocycles. The van der Waals surface area contributed by atoms with Crippen LogP contribution in [0.25, 0.3) is 0 Å². The molecule has 2 aromatic carbocycles. The van der Waals surface area contributed by atoms with Crippen molar-refractivity contribution in [1.29, 1.82) is 0 Å². The van der Waals surface area contributed by atoms with E-state index in [1.807, 2.05) is 17.0 Å². The molecule has 0 aromatic heterocycles. The number of carbonyl (C=O) groups is 1. The molecule has 160 valence electrons. The van der Waals surface area contributed by atoms with E-state index >= 15 is 0 Å². The standard InChI is InChI=1S/C21H23Cl2N3O3S/c22-18-5-2-6-19(23)21(18)24-20(27)14-25-9-11-26(12-10-25)30(28,29)17-8-7-15-3-1-4-16(15)13-17/h2,5-8,13H,1,3-4,9-12,14H2,(H,24,27). The number of nitrogens with zero attached hydrogens (tertiary/aromatic N) is 2. The largest absolute Gasteiger partial charge is 0.322 e. The molecule has 9 heteroatoms. The van der Waals surface area contributed by atoms with E-state index in [-0.39, 0.29) is 12.5 Å². The highest BCUT2D eigenvalue weighted by Gasteiger charge is 2.30. The summed E-state index contributed by atoms with van der Waals surface area (Å²) in [5.74, 6) is -0.236. The maximum Gasteiger partial charge on any atom is 0.243 e. The van der Waals surface area contributed by atoms with Crippen LogP contribution in [0.4, 0.5) is 5.69 Å². The lowest BCUT2D eigenvalue weighted by atomic mass is 10.1. The lowest BCUT2D eigenvalue weighted by molar-refractivity contribution is -0.117. The van der Waals surface area contributed by atoms with Gasteiger partial charge < -0.3 is 5.32 Å². The zero-order valence-corrected chi connectivity index (χ0v) is 18.7. The number of halogens is 2. The Morgan fingerprint density at radius 1 is 0.967 bits per heavy atom. The number of anilines is 1. The maximum atomic E-state index is 13.0. The molecule has 1 saturated heterocycles. The van der Waals surface area contributed by atoms with Crippen molar-refractivity contribution >= 4 is 44.8 Å². The van der Waals surface area contributed by atoms with Gasteiger partial charge in [-0.15, -0.1) is 0 Å². The number of nitrogens with one attached hydrogen (secondary N) is 1. The van der Waals surface area contributed by atoms with Crippen molar-refractivity contribution < 1.29 is 13.2 Å². The zero-order valence-electron chi connectivity index (χ0n) is 16.4. The number of benzene rings is 2. The van der Waals surface area contributed by atoms with Gasteiger partial charge in [-0.1, -0.05) is 35.3 Å². The van der Waals surface area contributed by atoms with Gasteiger partial charge in [0.25, 0.3) is 0 Å². The highest BCUT2D eigenvalue weighted by Crippen LogP contribution is 2.30. The van der Waals surface area contributed by atoms with Crippen LogP contribution in [-0.4, -0.2) is 56.3 Å². The highest BCUT2D eigenvalue weighted by atomic mass is 35.5. The fourth-order valence-electron chi connectivity index (χ4n) is 3.98. The van der Waals surface area contributed by atoms with E-state index < -0.39 is 10.0 Å². The molecule has 0 spiro atoms. The number of hydrogen-bond donors (Lipinski definition) is 1. The van der Waals surface area contributed by atoms with Crippen molar-refractivity contribution in [3.05, 3.63) is 57.6 Å². The highest BCUT2D eigenvalue weighted by molar-refractivity contribution is 7.89. The average Bonchev–Trinajstić information content (AvgIpc) is 3.19. The Labute approximate surface area is 186 Å². The molecule has 0 bridgehead atoms. The number of fused-ring (bicyclic) bond motifs is 1. The molecular formula is C21H23Cl2N3O3S. The van der Waals surface area contributed by atoms with Crippen molar-refractivity contribution in [1.82, 2.24) is 9.21 Å².